The van der Waals surface area contributed by atoms with Gasteiger partial charge in [-0.2, -0.15) is 0 Å². The molecule has 0 aromatic rings. The molecule has 0 aromatic heterocycles. The van der Waals surface area contributed by atoms with Crippen LogP contribution in [0.1, 0.15) is 125 Å². The summed E-state index contributed by atoms with van der Waals surface area (Å²) in [5.41, 5.74) is 0. The molecule has 0 nitrogen and oxygen atoms in total. The van der Waals surface area contributed by atoms with Gasteiger partial charge in [-0.05, 0) is 30.1 Å². The lowest BCUT2D eigenvalue weighted by Gasteiger charge is -2.36. The molecule has 0 aliphatic carbocycles. The molecule has 0 bridgehead atoms. The summed E-state index contributed by atoms with van der Waals surface area (Å²) in [4.78, 5) is 0. The van der Waals surface area contributed by atoms with Gasteiger partial charge in [-0.25, -0.2) is 0 Å². The Hall–Kier alpha value is 0. The van der Waals surface area contributed by atoms with E-state index in [4.69, 9.17) is 0 Å². The second kappa shape index (κ2) is 15.5. The van der Waals surface area contributed by atoms with Crippen LogP contribution in [0.2, 0.25) is 0 Å². The first-order valence-electron chi connectivity index (χ1n) is 11.1. The van der Waals surface area contributed by atoms with Gasteiger partial charge in [-0.3, -0.25) is 0 Å². The van der Waals surface area contributed by atoms with Crippen molar-refractivity contribution < 1.29 is 0 Å². The number of hydrogen-bond acceptors (Lipinski definition) is 0. The molecule has 0 atom stereocenters. The molecule has 0 spiro atoms. The van der Waals surface area contributed by atoms with Gasteiger partial charge in [0.05, 0.1) is 0 Å². The van der Waals surface area contributed by atoms with Crippen molar-refractivity contribution in [3.63, 3.8) is 0 Å². The molecule has 23 heavy (non-hydrogen) atoms. The lowest BCUT2D eigenvalue weighted by Crippen LogP contribution is -2.26. The van der Waals surface area contributed by atoms with Crippen LogP contribution < -0.4 is 0 Å². The zero-order valence-electron chi connectivity index (χ0n) is 17.5. The zero-order chi connectivity index (χ0) is 17.5. The van der Waals surface area contributed by atoms with Crippen LogP contribution in [0.4, 0.5) is 0 Å². The summed E-state index contributed by atoms with van der Waals surface area (Å²) in [6.45, 7) is 14.3. The van der Waals surface area contributed by atoms with Gasteiger partial charge in [-0.15, -0.1) is 0 Å². The lowest BCUT2D eigenvalue weighted by atomic mass is 9.70. The minimum absolute atomic E-state index is 0.858. The molecular weight excluding hydrogens is 276 g/mol. The average molecular weight is 325 g/mol. The molecular formula is C23H48. The van der Waals surface area contributed by atoms with E-state index in [-0.39, 0.29) is 0 Å². The molecule has 0 fully saturated rings. The molecule has 0 heterocycles. The predicted octanol–water partition coefficient (Wildman–Crippen LogP) is 8.64. The van der Waals surface area contributed by atoms with Gasteiger partial charge in [0, 0.05) is 0 Å². The highest BCUT2D eigenvalue weighted by Gasteiger charge is 2.28. The predicted molar refractivity (Wildman–Crippen MR) is 108 cm³/mol. The highest BCUT2D eigenvalue weighted by atomic mass is 14.3. The second-order valence-electron chi connectivity index (χ2n) is 8.38. The molecule has 0 heteroatoms. The molecule has 140 valence electrons. The van der Waals surface area contributed by atoms with E-state index >= 15 is 0 Å². The van der Waals surface area contributed by atoms with Crippen LogP contribution >= 0.6 is 0 Å². The molecule has 0 aliphatic rings. The highest BCUT2D eigenvalue weighted by Crippen LogP contribution is 2.39. The highest BCUT2D eigenvalue weighted by molar-refractivity contribution is 4.79. The maximum absolute atomic E-state index is 2.44. The zero-order valence-corrected chi connectivity index (χ0v) is 17.5. The first-order valence-corrected chi connectivity index (χ1v) is 11.1. The van der Waals surface area contributed by atoms with Crippen LogP contribution in [-0.2, 0) is 0 Å². The van der Waals surface area contributed by atoms with Crippen LogP contribution in [0.15, 0.2) is 0 Å². The third kappa shape index (κ3) is 11.2. The Morgan fingerprint density at radius 1 is 0.522 bits per heavy atom. The van der Waals surface area contributed by atoms with Crippen LogP contribution in [0.5, 0.6) is 0 Å². The molecule has 0 rings (SSSR count). The van der Waals surface area contributed by atoms with E-state index in [9.17, 15) is 0 Å². The second-order valence-corrected chi connectivity index (χ2v) is 8.38. The van der Waals surface area contributed by atoms with Gasteiger partial charge < -0.3 is 0 Å². The van der Waals surface area contributed by atoms with E-state index in [1.807, 2.05) is 0 Å². The standard InChI is InChI=1S/C23H48/c1-7-11-15-21(16-12-8-2)23(19-20(5)6)22(17-13-9-3)18-14-10-4/h20-23H,7-19H2,1-6H3. The first-order chi connectivity index (χ1) is 11.1. The maximum Gasteiger partial charge on any atom is -0.0355 e. The van der Waals surface area contributed by atoms with Crippen molar-refractivity contribution >= 4 is 0 Å². The van der Waals surface area contributed by atoms with E-state index in [1.54, 1.807) is 0 Å². The van der Waals surface area contributed by atoms with Gasteiger partial charge in [0.15, 0.2) is 0 Å². The van der Waals surface area contributed by atoms with E-state index in [0.29, 0.717) is 0 Å². The molecule has 0 amide bonds. The number of unbranched alkanes of at least 4 members (excludes halogenated alkanes) is 4. The molecule has 0 aromatic carbocycles. The van der Waals surface area contributed by atoms with Crippen molar-refractivity contribution in [2.75, 3.05) is 0 Å². The largest absolute Gasteiger partial charge is 0.0654 e. The Bertz CT molecular complexity index is 194. The fraction of sp³-hybridized carbons (Fsp3) is 1.00. The summed E-state index contributed by atoms with van der Waals surface area (Å²) in [5, 5.41) is 0. The van der Waals surface area contributed by atoms with Gasteiger partial charge in [0.25, 0.3) is 0 Å². The summed E-state index contributed by atoms with van der Waals surface area (Å²) < 4.78 is 0. The van der Waals surface area contributed by atoms with E-state index < -0.39 is 0 Å². The minimum atomic E-state index is 0.858. The summed E-state index contributed by atoms with van der Waals surface area (Å²) in [6.07, 6.45) is 18.7. The Morgan fingerprint density at radius 2 is 0.826 bits per heavy atom. The summed E-state index contributed by atoms with van der Waals surface area (Å²) in [7, 11) is 0. The lowest BCUT2D eigenvalue weighted by molar-refractivity contribution is 0.146. The van der Waals surface area contributed by atoms with E-state index in [0.717, 1.165) is 23.7 Å². The third-order valence-corrected chi connectivity index (χ3v) is 5.67. The molecule has 0 N–H and O–H groups in total. The summed E-state index contributed by atoms with van der Waals surface area (Å²) >= 11 is 0. The number of hydrogen-bond donors (Lipinski definition) is 0. The van der Waals surface area contributed by atoms with Crippen LogP contribution in [-0.4, -0.2) is 0 Å². The summed E-state index contributed by atoms with van der Waals surface area (Å²) in [6, 6.07) is 0. The van der Waals surface area contributed by atoms with Gasteiger partial charge in [0.1, 0.15) is 0 Å². The van der Waals surface area contributed by atoms with Crippen LogP contribution in [0, 0.1) is 23.7 Å². The Balaban J connectivity index is 5.05. The molecule has 0 radical (unpaired) electrons. The van der Waals surface area contributed by atoms with Gasteiger partial charge in [-0.1, -0.05) is 119 Å². The summed E-state index contributed by atoms with van der Waals surface area (Å²) in [5.74, 6) is 3.84. The van der Waals surface area contributed by atoms with Crippen molar-refractivity contribution in [1.82, 2.24) is 0 Å². The molecule has 0 unspecified atom stereocenters. The fourth-order valence-electron chi connectivity index (χ4n) is 4.32. The van der Waals surface area contributed by atoms with Crippen molar-refractivity contribution in [2.24, 2.45) is 23.7 Å². The number of rotatable bonds is 16. The van der Waals surface area contributed by atoms with Crippen molar-refractivity contribution in [1.29, 1.82) is 0 Å². The Labute approximate surface area is 149 Å². The van der Waals surface area contributed by atoms with Crippen molar-refractivity contribution in [2.45, 2.75) is 125 Å². The van der Waals surface area contributed by atoms with Crippen LogP contribution in [0.3, 0.4) is 0 Å². The third-order valence-electron chi connectivity index (χ3n) is 5.67. The Morgan fingerprint density at radius 3 is 1.04 bits per heavy atom. The topological polar surface area (TPSA) is 0 Å². The van der Waals surface area contributed by atoms with Crippen molar-refractivity contribution in [3.8, 4) is 0 Å². The SMILES string of the molecule is CCCCC(CCCC)C(CC(C)C)C(CCCC)CCCC. The van der Waals surface area contributed by atoms with E-state index in [2.05, 4.69) is 41.5 Å². The Kier molecular flexibility index (Phi) is 15.5. The fourth-order valence-corrected chi connectivity index (χ4v) is 4.32. The minimum Gasteiger partial charge on any atom is -0.0654 e. The average Bonchev–Trinajstić information content (AvgIpc) is 2.53. The van der Waals surface area contributed by atoms with Crippen molar-refractivity contribution in [3.05, 3.63) is 0 Å². The molecule has 0 aliphatic heterocycles. The quantitative estimate of drug-likeness (QED) is 0.266. The first kappa shape index (κ1) is 23.0. The van der Waals surface area contributed by atoms with Gasteiger partial charge >= 0.3 is 0 Å². The smallest absolute Gasteiger partial charge is 0.0355 e. The van der Waals surface area contributed by atoms with Crippen LogP contribution in [0.25, 0.3) is 0 Å². The monoisotopic (exact) mass is 324 g/mol. The molecule has 0 saturated carbocycles. The van der Waals surface area contributed by atoms with E-state index in [1.165, 1.54) is 83.5 Å². The molecule has 0 saturated heterocycles. The normalized spacial score (nSPS) is 12.3. The maximum atomic E-state index is 2.44. The van der Waals surface area contributed by atoms with Gasteiger partial charge in [0.2, 0.25) is 0 Å².